The number of hydrogen-bond donors (Lipinski definition) is 0. The van der Waals surface area contributed by atoms with E-state index in [9.17, 15) is 13.2 Å². The van der Waals surface area contributed by atoms with Crippen LogP contribution in [0, 0.1) is 11.6 Å². The first-order valence-electron chi connectivity index (χ1n) is 8.28. The van der Waals surface area contributed by atoms with E-state index in [1.807, 2.05) is 18.2 Å². The lowest BCUT2D eigenvalue weighted by Gasteiger charge is -2.17. The van der Waals surface area contributed by atoms with Gasteiger partial charge < -0.3 is 4.74 Å². The highest BCUT2D eigenvalue weighted by atomic mass is 19.1. The fourth-order valence-electron chi connectivity index (χ4n) is 2.89. The van der Waals surface area contributed by atoms with Crippen LogP contribution in [0.25, 0.3) is 0 Å². The quantitative estimate of drug-likeness (QED) is 0.553. The van der Waals surface area contributed by atoms with Crippen molar-refractivity contribution in [3.8, 4) is 5.75 Å². The normalized spacial score (nSPS) is 12.2. The third kappa shape index (κ3) is 4.31. The number of unbranched alkanes of at least 4 members (excludes halogenated alkanes) is 2. The second-order valence-electron chi connectivity index (χ2n) is 5.93. The van der Waals surface area contributed by atoms with Crippen LogP contribution in [0.15, 0.2) is 36.4 Å². The minimum atomic E-state index is -0.815. The summed E-state index contributed by atoms with van der Waals surface area (Å²) in [6, 6.07) is 9.90. The molecular formula is C20H23F3O. The van der Waals surface area contributed by atoms with Gasteiger partial charge in [-0.1, -0.05) is 44.0 Å². The van der Waals surface area contributed by atoms with Crippen molar-refractivity contribution in [3.63, 3.8) is 0 Å². The molecule has 0 fully saturated rings. The Labute approximate surface area is 141 Å². The maximum atomic E-state index is 13.9. The molecule has 1 unspecified atom stereocenters. The Morgan fingerprint density at radius 2 is 1.71 bits per heavy atom. The van der Waals surface area contributed by atoms with Crippen LogP contribution in [0.4, 0.5) is 13.2 Å². The van der Waals surface area contributed by atoms with Crippen LogP contribution in [0.1, 0.15) is 48.8 Å². The van der Waals surface area contributed by atoms with Crippen molar-refractivity contribution in [3.05, 3.63) is 64.7 Å². The summed E-state index contributed by atoms with van der Waals surface area (Å²) in [5, 5.41) is 0. The topological polar surface area (TPSA) is 9.23 Å². The average molecular weight is 336 g/mol. The first-order valence-corrected chi connectivity index (χ1v) is 8.28. The number of rotatable bonds is 8. The lowest BCUT2D eigenvalue weighted by atomic mass is 9.90. The zero-order valence-electron chi connectivity index (χ0n) is 14.1. The molecule has 0 saturated heterocycles. The number of halogens is 3. The molecule has 4 heteroatoms. The van der Waals surface area contributed by atoms with Gasteiger partial charge in [-0.25, -0.2) is 8.78 Å². The van der Waals surface area contributed by atoms with Crippen LogP contribution in [0.2, 0.25) is 0 Å². The van der Waals surface area contributed by atoms with E-state index >= 15 is 0 Å². The van der Waals surface area contributed by atoms with Crippen LogP contribution in [-0.2, 0) is 6.42 Å². The molecule has 0 saturated carbocycles. The maximum absolute atomic E-state index is 13.9. The fourth-order valence-corrected chi connectivity index (χ4v) is 2.89. The summed E-state index contributed by atoms with van der Waals surface area (Å²) in [6.45, 7) is 1.42. The number of methoxy groups -OCH3 is 1. The molecule has 0 N–H and O–H groups in total. The lowest BCUT2D eigenvalue weighted by Crippen LogP contribution is -2.06. The summed E-state index contributed by atoms with van der Waals surface area (Å²) < 4.78 is 46.2. The first-order chi connectivity index (χ1) is 11.6. The molecule has 0 spiro atoms. The zero-order valence-corrected chi connectivity index (χ0v) is 14.1. The Kier molecular flexibility index (Phi) is 6.71. The summed E-state index contributed by atoms with van der Waals surface area (Å²) in [5.41, 5.74) is 2.13. The Morgan fingerprint density at radius 3 is 2.29 bits per heavy atom. The number of hydrogen-bond acceptors (Lipinski definition) is 1. The summed E-state index contributed by atoms with van der Waals surface area (Å²) >= 11 is 0. The van der Waals surface area contributed by atoms with Gasteiger partial charge in [0.1, 0.15) is 6.67 Å². The van der Waals surface area contributed by atoms with E-state index in [4.69, 9.17) is 0 Å². The van der Waals surface area contributed by atoms with Crippen molar-refractivity contribution >= 4 is 0 Å². The molecule has 0 bridgehead atoms. The number of benzene rings is 2. The number of aryl methyl sites for hydroxylation is 1. The van der Waals surface area contributed by atoms with Gasteiger partial charge >= 0.3 is 0 Å². The largest absolute Gasteiger partial charge is 0.491 e. The highest BCUT2D eigenvalue weighted by Gasteiger charge is 2.19. The zero-order chi connectivity index (χ0) is 17.5. The molecule has 1 atom stereocenters. The molecule has 0 radical (unpaired) electrons. The fraction of sp³-hybridized carbons (Fsp3) is 0.400. The summed E-state index contributed by atoms with van der Waals surface area (Å²) in [6.07, 6.45) is 4.28. The van der Waals surface area contributed by atoms with Crippen molar-refractivity contribution in [2.24, 2.45) is 0 Å². The molecule has 24 heavy (non-hydrogen) atoms. The Morgan fingerprint density at radius 1 is 1.00 bits per heavy atom. The maximum Gasteiger partial charge on any atom is 0.190 e. The second-order valence-corrected chi connectivity index (χ2v) is 5.93. The molecule has 0 amide bonds. The predicted molar refractivity (Wildman–Crippen MR) is 90.4 cm³/mol. The molecule has 0 aliphatic rings. The Hall–Kier alpha value is -1.97. The van der Waals surface area contributed by atoms with Crippen LogP contribution < -0.4 is 4.74 Å². The van der Waals surface area contributed by atoms with Crippen LogP contribution in [-0.4, -0.2) is 13.8 Å². The Bertz CT molecular complexity index is 647. The van der Waals surface area contributed by atoms with Gasteiger partial charge in [-0.15, -0.1) is 0 Å². The third-order valence-corrected chi connectivity index (χ3v) is 4.20. The van der Waals surface area contributed by atoms with Crippen molar-refractivity contribution in [2.75, 3.05) is 13.8 Å². The molecule has 0 aromatic heterocycles. The first kappa shape index (κ1) is 18.4. The molecular weight excluding hydrogens is 313 g/mol. The lowest BCUT2D eigenvalue weighted by molar-refractivity contribution is 0.358. The van der Waals surface area contributed by atoms with Gasteiger partial charge in [-0.05, 0) is 41.7 Å². The van der Waals surface area contributed by atoms with Gasteiger partial charge in [0.25, 0.3) is 0 Å². The molecule has 0 aliphatic carbocycles. The van der Waals surface area contributed by atoms with E-state index in [2.05, 4.69) is 11.7 Å². The minimum Gasteiger partial charge on any atom is -0.491 e. The molecule has 2 rings (SSSR count). The SMILES string of the molecule is CCCCCc1cccc(C(CF)c2cc(F)c(OC)c(F)c2)c1. The van der Waals surface area contributed by atoms with Crippen LogP contribution >= 0.6 is 0 Å². The monoisotopic (exact) mass is 336 g/mol. The van der Waals surface area contributed by atoms with E-state index in [-0.39, 0.29) is 5.56 Å². The van der Waals surface area contributed by atoms with Gasteiger partial charge in [-0.2, -0.15) is 0 Å². The average Bonchev–Trinajstić information content (AvgIpc) is 2.56. The summed E-state index contributed by atoms with van der Waals surface area (Å²) in [5.74, 6) is -2.76. The molecule has 1 nitrogen and oxygen atoms in total. The smallest absolute Gasteiger partial charge is 0.190 e. The summed E-state index contributed by atoms with van der Waals surface area (Å²) in [4.78, 5) is 0. The molecule has 2 aromatic carbocycles. The van der Waals surface area contributed by atoms with Gasteiger partial charge in [0, 0.05) is 5.92 Å². The minimum absolute atomic E-state index is 0.277. The predicted octanol–water partition coefficient (Wildman–Crippen LogP) is 5.81. The molecule has 130 valence electrons. The van der Waals surface area contributed by atoms with E-state index < -0.39 is 30.0 Å². The van der Waals surface area contributed by atoms with Crippen LogP contribution in [0.3, 0.4) is 0 Å². The highest BCUT2D eigenvalue weighted by Crippen LogP contribution is 2.31. The molecule has 0 heterocycles. The van der Waals surface area contributed by atoms with E-state index in [0.717, 1.165) is 48.9 Å². The summed E-state index contributed by atoms with van der Waals surface area (Å²) in [7, 11) is 1.20. The third-order valence-electron chi connectivity index (χ3n) is 4.20. The van der Waals surface area contributed by atoms with Crippen molar-refractivity contribution in [2.45, 2.75) is 38.5 Å². The van der Waals surface area contributed by atoms with Gasteiger partial charge in [0.15, 0.2) is 17.4 Å². The molecule has 0 aliphatic heterocycles. The van der Waals surface area contributed by atoms with E-state index in [1.54, 1.807) is 6.07 Å². The van der Waals surface area contributed by atoms with Crippen molar-refractivity contribution in [1.29, 1.82) is 0 Å². The van der Waals surface area contributed by atoms with E-state index in [0.29, 0.717) is 0 Å². The Balaban J connectivity index is 2.30. The van der Waals surface area contributed by atoms with Crippen molar-refractivity contribution < 1.29 is 17.9 Å². The molecule has 2 aromatic rings. The van der Waals surface area contributed by atoms with E-state index in [1.165, 1.54) is 7.11 Å². The van der Waals surface area contributed by atoms with Gasteiger partial charge in [0.05, 0.1) is 7.11 Å². The van der Waals surface area contributed by atoms with Crippen LogP contribution in [0.5, 0.6) is 5.75 Å². The van der Waals surface area contributed by atoms with Gasteiger partial charge in [0.2, 0.25) is 0 Å². The highest BCUT2D eigenvalue weighted by molar-refractivity contribution is 5.39. The number of alkyl halides is 1. The number of ether oxygens (including phenoxy) is 1. The van der Waals surface area contributed by atoms with Crippen molar-refractivity contribution in [1.82, 2.24) is 0 Å². The second kappa shape index (κ2) is 8.76. The van der Waals surface area contributed by atoms with Gasteiger partial charge in [-0.3, -0.25) is 4.39 Å². The standard InChI is InChI=1S/C20H23F3O/c1-3-4-5-7-14-8-6-9-15(10-14)17(13-21)16-11-18(22)20(24-2)19(23)12-16/h6,8-12,17H,3-5,7,13H2,1-2H3.